The molecule has 15 heavy (non-hydrogen) atoms. The second-order valence-electron chi connectivity index (χ2n) is 3.51. The molecule has 0 radical (unpaired) electrons. The lowest BCUT2D eigenvalue weighted by Gasteiger charge is -2.28. The third-order valence-electron chi connectivity index (χ3n) is 2.53. The van der Waals surface area contributed by atoms with E-state index in [0.717, 1.165) is 31.9 Å². The summed E-state index contributed by atoms with van der Waals surface area (Å²) in [6.07, 6.45) is 0. The molecule has 2 rings (SSSR count). The Morgan fingerprint density at radius 3 is 2.33 bits per heavy atom. The van der Waals surface area contributed by atoms with Gasteiger partial charge in [0.1, 0.15) is 4.99 Å². The number of rotatable bonds is 2. The highest BCUT2D eigenvalue weighted by atomic mass is 32.1. The van der Waals surface area contributed by atoms with E-state index in [1.807, 2.05) is 12.1 Å². The van der Waals surface area contributed by atoms with Crippen LogP contribution in [0.4, 0.5) is 5.69 Å². The SMILES string of the molecule is NC(=S)c1ccc(N2CCOCC2)cc1. The molecule has 0 bridgehead atoms. The van der Waals surface area contributed by atoms with Gasteiger partial charge in [0, 0.05) is 24.3 Å². The maximum Gasteiger partial charge on any atom is 0.103 e. The molecule has 4 heteroatoms. The molecular weight excluding hydrogens is 208 g/mol. The first-order chi connectivity index (χ1) is 7.27. The van der Waals surface area contributed by atoms with Gasteiger partial charge in [-0.3, -0.25) is 0 Å². The van der Waals surface area contributed by atoms with Gasteiger partial charge in [-0.1, -0.05) is 12.2 Å². The normalized spacial score (nSPS) is 16.4. The molecule has 1 aliphatic heterocycles. The number of thiocarbonyl (C=S) groups is 1. The van der Waals surface area contributed by atoms with Crippen LogP contribution in [0.1, 0.15) is 5.56 Å². The topological polar surface area (TPSA) is 38.5 Å². The van der Waals surface area contributed by atoms with Gasteiger partial charge in [0.25, 0.3) is 0 Å². The smallest absolute Gasteiger partial charge is 0.103 e. The van der Waals surface area contributed by atoms with Gasteiger partial charge in [-0.05, 0) is 24.3 Å². The quantitative estimate of drug-likeness (QED) is 0.762. The van der Waals surface area contributed by atoms with Crippen molar-refractivity contribution in [3.8, 4) is 0 Å². The second-order valence-corrected chi connectivity index (χ2v) is 3.95. The van der Waals surface area contributed by atoms with E-state index in [-0.39, 0.29) is 0 Å². The zero-order chi connectivity index (χ0) is 10.7. The molecule has 0 unspecified atom stereocenters. The van der Waals surface area contributed by atoms with Crippen molar-refractivity contribution < 1.29 is 4.74 Å². The first kappa shape index (κ1) is 10.4. The highest BCUT2D eigenvalue weighted by Crippen LogP contribution is 2.16. The summed E-state index contributed by atoms with van der Waals surface area (Å²) < 4.78 is 5.30. The highest BCUT2D eigenvalue weighted by molar-refractivity contribution is 7.80. The Bertz CT molecular complexity index is 344. The molecule has 1 saturated heterocycles. The summed E-state index contributed by atoms with van der Waals surface area (Å²) in [4.78, 5) is 2.75. The fraction of sp³-hybridized carbons (Fsp3) is 0.364. The Morgan fingerprint density at radius 1 is 1.20 bits per heavy atom. The van der Waals surface area contributed by atoms with E-state index in [1.165, 1.54) is 5.69 Å². The van der Waals surface area contributed by atoms with Crippen LogP contribution in [-0.2, 0) is 4.74 Å². The molecule has 3 nitrogen and oxygen atoms in total. The van der Waals surface area contributed by atoms with Crippen LogP contribution in [0.25, 0.3) is 0 Å². The van der Waals surface area contributed by atoms with Crippen molar-refractivity contribution in [3.05, 3.63) is 29.8 Å². The fourth-order valence-electron chi connectivity index (χ4n) is 1.66. The van der Waals surface area contributed by atoms with Gasteiger partial charge in [-0.25, -0.2) is 0 Å². The lowest BCUT2D eigenvalue weighted by molar-refractivity contribution is 0.122. The summed E-state index contributed by atoms with van der Waals surface area (Å²) in [7, 11) is 0. The molecule has 2 N–H and O–H groups in total. The largest absolute Gasteiger partial charge is 0.389 e. The zero-order valence-corrected chi connectivity index (χ0v) is 9.30. The van der Waals surface area contributed by atoms with Gasteiger partial charge < -0.3 is 15.4 Å². The van der Waals surface area contributed by atoms with E-state index in [1.54, 1.807) is 0 Å². The van der Waals surface area contributed by atoms with E-state index >= 15 is 0 Å². The van der Waals surface area contributed by atoms with Crippen molar-refractivity contribution in [1.82, 2.24) is 0 Å². The lowest BCUT2D eigenvalue weighted by atomic mass is 10.2. The molecule has 1 aromatic rings. The van der Waals surface area contributed by atoms with Crippen molar-refractivity contribution in [2.24, 2.45) is 5.73 Å². The molecule has 1 aliphatic rings. The molecule has 0 amide bonds. The second kappa shape index (κ2) is 4.59. The standard InChI is InChI=1S/C11H14N2OS/c12-11(15)9-1-3-10(4-2-9)13-5-7-14-8-6-13/h1-4H,5-8H2,(H2,12,15). The predicted molar refractivity (Wildman–Crippen MR) is 65.4 cm³/mol. The molecule has 0 spiro atoms. The van der Waals surface area contributed by atoms with Gasteiger partial charge >= 0.3 is 0 Å². The number of hydrogen-bond donors (Lipinski definition) is 1. The summed E-state index contributed by atoms with van der Waals surface area (Å²) in [5.74, 6) is 0. The maximum atomic E-state index is 5.54. The van der Waals surface area contributed by atoms with Crippen LogP contribution in [-0.4, -0.2) is 31.3 Å². The highest BCUT2D eigenvalue weighted by Gasteiger charge is 2.10. The fourth-order valence-corrected chi connectivity index (χ4v) is 1.79. The third-order valence-corrected chi connectivity index (χ3v) is 2.76. The molecule has 0 saturated carbocycles. The van der Waals surface area contributed by atoms with Crippen molar-refractivity contribution >= 4 is 22.9 Å². The molecule has 0 aromatic heterocycles. The molecular formula is C11H14N2OS. The van der Waals surface area contributed by atoms with Gasteiger partial charge in [-0.15, -0.1) is 0 Å². The van der Waals surface area contributed by atoms with E-state index in [4.69, 9.17) is 22.7 Å². The minimum atomic E-state index is 0.448. The van der Waals surface area contributed by atoms with Crippen LogP contribution < -0.4 is 10.6 Å². The molecule has 80 valence electrons. The Morgan fingerprint density at radius 2 is 1.80 bits per heavy atom. The predicted octanol–water partition coefficient (Wildman–Crippen LogP) is 1.16. The zero-order valence-electron chi connectivity index (χ0n) is 8.48. The number of ether oxygens (including phenoxy) is 1. The number of nitrogens with zero attached hydrogens (tertiary/aromatic N) is 1. The number of nitrogens with two attached hydrogens (primary N) is 1. The Kier molecular flexibility index (Phi) is 3.18. The number of morpholine rings is 1. The third kappa shape index (κ3) is 2.46. The van der Waals surface area contributed by atoms with Crippen LogP contribution in [0.2, 0.25) is 0 Å². The van der Waals surface area contributed by atoms with Crippen LogP contribution in [0, 0.1) is 0 Å². The Hall–Kier alpha value is -1.13. The maximum absolute atomic E-state index is 5.54. The van der Waals surface area contributed by atoms with Crippen molar-refractivity contribution in [2.45, 2.75) is 0 Å². The summed E-state index contributed by atoms with van der Waals surface area (Å²) >= 11 is 4.91. The molecule has 0 aliphatic carbocycles. The van der Waals surface area contributed by atoms with Crippen LogP contribution in [0.5, 0.6) is 0 Å². The average molecular weight is 222 g/mol. The summed E-state index contributed by atoms with van der Waals surface area (Å²) in [6, 6.07) is 8.04. The number of anilines is 1. The molecule has 1 heterocycles. The first-order valence-corrected chi connectivity index (χ1v) is 5.41. The minimum absolute atomic E-state index is 0.448. The van der Waals surface area contributed by atoms with E-state index < -0.39 is 0 Å². The Balaban J connectivity index is 2.11. The van der Waals surface area contributed by atoms with Crippen molar-refractivity contribution in [2.75, 3.05) is 31.2 Å². The van der Waals surface area contributed by atoms with Crippen LogP contribution in [0.15, 0.2) is 24.3 Å². The molecule has 0 atom stereocenters. The average Bonchev–Trinajstić information content (AvgIpc) is 2.30. The number of benzene rings is 1. The van der Waals surface area contributed by atoms with E-state index in [0.29, 0.717) is 4.99 Å². The van der Waals surface area contributed by atoms with Crippen LogP contribution >= 0.6 is 12.2 Å². The summed E-state index contributed by atoms with van der Waals surface area (Å²) in [5.41, 5.74) is 7.67. The lowest BCUT2D eigenvalue weighted by Crippen LogP contribution is -2.36. The van der Waals surface area contributed by atoms with Gasteiger partial charge in [0.2, 0.25) is 0 Å². The monoisotopic (exact) mass is 222 g/mol. The van der Waals surface area contributed by atoms with Gasteiger partial charge in [0.05, 0.1) is 13.2 Å². The minimum Gasteiger partial charge on any atom is -0.389 e. The Labute approximate surface area is 94.8 Å². The van der Waals surface area contributed by atoms with Crippen molar-refractivity contribution in [1.29, 1.82) is 0 Å². The summed E-state index contributed by atoms with van der Waals surface area (Å²) in [6.45, 7) is 3.51. The van der Waals surface area contributed by atoms with Gasteiger partial charge in [0.15, 0.2) is 0 Å². The van der Waals surface area contributed by atoms with Crippen LogP contribution in [0.3, 0.4) is 0 Å². The van der Waals surface area contributed by atoms with Gasteiger partial charge in [-0.2, -0.15) is 0 Å². The first-order valence-electron chi connectivity index (χ1n) is 5.00. The molecule has 1 fully saturated rings. The van der Waals surface area contributed by atoms with Crippen molar-refractivity contribution in [3.63, 3.8) is 0 Å². The van der Waals surface area contributed by atoms with E-state index in [2.05, 4.69) is 17.0 Å². The molecule has 1 aromatic carbocycles. The van der Waals surface area contributed by atoms with E-state index in [9.17, 15) is 0 Å². The number of hydrogen-bond acceptors (Lipinski definition) is 3. The summed E-state index contributed by atoms with van der Waals surface area (Å²) in [5, 5.41) is 0.